The molecule has 1 aromatic rings. The summed E-state index contributed by atoms with van der Waals surface area (Å²) in [5.74, 6) is 0. The second-order valence-electron chi connectivity index (χ2n) is 7.30. The van der Waals surface area contributed by atoms with Crippen molar-refractivity contribution in [2.75, 3.05) is 13.1 Å². The molecule has 0 bridgehead atoms. The van der Waals surface area contributed by atoms with Gasteiger partial charge >= 0.3 is 6.09 Å². The quantitative estimate of drug-likeness (QED) is 0.918. The van der Waals surface area contributed by atoms with Crippen LogP contribution in [0.3, 0.4) is 0 Å². The zero-order valence-corrected chi connectivity index (χ0v) is 15.1. The van der Waals surface area contributed by atoms with Crippen molar-refractivity contribution in [3.05, 3.63) is 21.9 Å². The molecule has 1 amide bonds. The standard InChI is InChI=1S/C17H25N3O2S/c1-16(2,3)22-15(21)20-7-5-17(4,6-8-20)19-11-14-9-13(10-18)12-23-14/h9,12,19H,5-8,11H2,1-4H3. The van der Waals surface area contributed by atoms with Crippen molar-refractivity contribution in [2.45, 2.75) is 58.2 Å². The highest BCUT2D eigenvalue weighted by Gasteiger charge is 2.33. The van der Waals surface area contributed by atoms with Crippen molar-refractivity contribution in [3.8, 4) is 6.07 Å². The number of carbonyl (C=O) groups is 1. The van der Waals surface area contributed by atoms with Crippen LogP contribution >= 0.6 is 11.3 Å². The van der Waals surface area contributed by atoms with Gasteiger partial charge in [0.2, 0.25) is 0 Å². The number of nitrogens with one attached hydrogen (secondary N) is 1. The molecule has 1 saturated heterocycles. The molecular weight excluding hydrogens is 310 g/mol. The molecule has 23 heavy (non-hydrogen) atoms. The fraction of sp³-hybridized carbons (Fsp3) is 0.647. The van der Waals surface area contributed by atoms with E-state index in [2.05, 4.69) is 18.3 Å². The van der Waals surface area contributed by atoms with Crippen LogP contribution in [0.1, 0.15) is 51.0 Å². The Labute approximate surface area is 142 Å². The minimum atomic E-state index is -0.451. The number of likely N-dealkylation sites (tertiary alicyclic amines) is 1. The van der Waals surface area contributed by atoms with E-state index in [4.69, 9.17) is 10.00 Å². The van der Waals surface area contributed by atoms with Gasteiger partial charge in [-0.2, -0.15) is 5.26 Å². The smallest absolute Gasteiger partial charge is 0.410 e. The highest BCUT2D eigenvalue weighted by Crippen LogP contribution is 2.24. The zero-order valence-electron chi connectivity index (χ0n) is 14.3. The first kappa shape index (κ1) is 17.8. The molecule has 1 aliphatic heterocycles. The Hall–Kier alpha value is -1.58. The van der Waals surface area contributed by atoms with Gasteiger partial charge in [0.15, 0.2) is 0 Å². The van der Waals surface area contributed by atoms with E-state index in [1.165, 1.54) is 0 Å². The number of rotatable bonds is 3. The van der Waals surface area contributed by atoms with Crippen LogP contribution in [0.4, 0.5) is 4.79 Å². The molecule has 0 unspecified atom stereocenters. The maximum atomic E-state index is 12.1. The number of piperidine rings is 1. The lowest BCUT2D eigenvalue weighted by molar-refractivity contribution is 0.0157. The fourth-order valence-corrected chi connectivity index (χ4v) is 3.27. The summed E-state index contributed by atoms with van der Waals surface area (Å²) in [5, 5.41) is 14.3. The van der Waals surface area contributed by atoms with E-state index in [0.29, 0.717) is 13.1 Å². The highest BCUT2D eigenvalue weighted by atomic mass is 32.1. The summed E-state index contributed by atoms with van der Waals surface area (Å²) in [4.78, 5) is 15.0. The summed E-state index contributed by atoms with van der Waals surface area (Å²) in [6.45, 7) is 10.0. The third-order valence-corrected chi connectivity index (χ3v) is 4.93. The second-order valence-corrected chi connectivity index (χ2v) is 8.29. The van der Waals surface area contributed by atoms with Crippen molar-refractivity contribution in [1.82, 2.24) is 10.2 Å². The number of amides is 1. The number of hydrogen-bond donors (Lipinski definition) is 1. The van der Waals surface area contributed by atoms with Gasteiger partial charge in [-0.25, -0.2) is 4.79 Å². The van der Waals surface area contributed by atoms with Gasteiger partial charge in [-0.1, -0.05) is 0 Å². The minimum absolute atomic E-state index is 0.00924. The summed E-state index contributed by atoms with van der Waals surface area (Å²) < 4.78 is 5.43. The second kappa shape index (κ2) is 6.90. The maximum Gasteiger partial charge on any atom is 0.410 e. The molecule has 126 valence electrons. The topological polar surface area (TPSA) is 65.4 Å². The third kappa shape index (κ3) is 5.22. The molecule has 1 N–H and O–H groups in total. The van der Waals surface area contributed by atoms with E-state index >= 15 is 0 Å². The number of nitrogens with zero attached hydrogens (tertiary/aromatic N) is 2. The number of ether oxygens (including phenoxy) is 1. The molecule has 2 heterocycles. The van der Waals surface area contributed by atoms with E-state index in [0.717, 1.165) is 29.8 Å². The largest absolute Gasteiger partial charge is 0.444 e. The molecule has 0 saturated carbocycles. The van der Waals surface area contributed by atoms with Gasteiger partial charge in [0.25, 0.3) is 0 Å². The molecular formula is C17H25N3O2S. The molecule has 0 atom stereocenters. The van der Waals surface area contributed by atoms with Crippen molar-refractivity contribution in [2.24, 2.45) is 0 Å². The summed E-state index contributed by atoms with van der Waals surface area (Å²) in [6, 6.07) is 4.08. The van der Waals surface area contributed by atoms with Gasteiger partial charge in [-0.3, -0.25) is 0 Å². The first-order chi connectivity index (χ1) is 10.7. The molecule has 6 heteroatoms. The summed E-state index contributed by atoms with van der Waals surface area (Å²) >= 11 is 1.60. The average Bonchev–Trinajstić information content (AvgIpc) is 2.92. The summed E-state index contributed by atoms with van der Waals surface area (Å²) in [6.07, 6.45) is 1.56. The Kier molecular flexibility index (Phi) is 5.33. The molecule has 2 rings (SSSR count). The lowest BCUT2D eigenvalue weighted by atomic mass is 9.89. The minimum Gasteiger partial charge on any atom is -0.444 e. The van der Waals surface area contributed by atoms with E-state index in [1.807, 2.05) is 32.2 Å². The predicted octanol–water partition coefficient (Wildman–Crippen LogP) is 3.50. The predicted molar refractivity (Wildman–Crippen MR) is 91.3 cm³/mol. The number of thiophene rings is 1. The molecule has 0 aliphatic carbocycles. The third-order valence-electron chi connectivity index (χ3n) is 3.99. The lowest BCUT2D eigenvalue weighted by Gasteiger charge is -2.40. The molecule has 1 fully saturated rings. The van der Waals surface area contributed by atoms with Gasteiger partial charge in [-0.15, -0.1) is 11.3 Å². The first-order valence-corrected chi connectivity index (χ1v) is 8.79. The Morgan fingerprint density at radius 2 is 2.13 bits per heavy atom. The first-order valence-electron chi connectivity index (χ1n) is 7.91. The number of carbonyl (C=O) groups excluding carboxylic acids is 1. The van der Waals surface area contributed by atoms with Crippen LogP contribution in [0.2, 0.25) is 0 Å². The molecule has 1 aromatic heterocycles. The summed E-state index contributed by atoms with van der Waals surface area (Å²) in [5.41, 5.74) is 0.278. The number of hydrogen-bond acceptors (Lipinski definition) is 5. The highest BCUT2D eigenvalue weighted by molar-refractivity contribution is 7.10. The van der Waals surface area contributed by atoms with E-state index < -0.39 is 5.60 Å². The van der Waals surface area contributed by atoms with Gasteiger partial charge in [0, 0.05) is 35.4 Å². The van der Waals surface area contributed by atoms with Crippen LogP contribution in [0.25, 0.3) is 0 Å². The molecule has 0 spiro atoms. The monoisotopic (exact) mass is 335 g/mol. The van der Waals surface area contributed by atoms with Crippen molar-refractivity contribution in [1.29, 1.82) is 5.26 Å². The van der Waals surface area contributed by atoms with Crippen molar-refractivity contribution in [3.63, 3.8) is 0 Å². The Morgan fingerprint density at radius 3 is 2.65 bits per heavy atom. The van der Waals surface area contributed by atoms with Crippen LogP contribution in [0.15, 0.2) is 11.4 Å². The van der Waals surface area contributed by atoms with Crippen molar-refractivity contribution < 1.29 is 9.53 Å². The van der Waals surface area contributed by atoms with E-state index in [1.54, 1.807) is 16.2 Å². The van der Waals surface area contributed by atoms with Crippen LogP contribution in [0, 0.1) is 11.3 Å². The van der Waals surface area contributed by atoms with Gasteiger partial charge in [-0.05, 0) is 46.6 Å². The molecule has 5 nitrogen and oxygen atoms in total. The van der Waals surface area contributed by atoms with Gasteiger partial charge in [0.1, 0.15) is 11.7 Å². The van der Waals surface area contributed by atoms with Gasteiger partial charge < -0.3 is 15.0 Å². The normalized spacial score (nSPS) is 17.6. The van der Waals surface area contributed by atoms with E-state index in [9.17, 15) is 4.79 Å². The average molecular weight is 335 g/mol. The molecule has 1 aliphatic rings. The van der Waals surface area contributed by atoms with Crippen LogP contribution in [-0.4, -0.2) is 35.2 Å². The van der Waals surface area contributed by atoms with Crippen LogP contribution in [-0.2, 0) is 11.3 Å². The van der Waals surface area contributed by atoms with E-state index in [-0.39, 0.29) is 11.6 Å². The van der Waals surface area contributed by atoms with Gasteiger partial charge in [0.05, 0.1) is 5.56 Å². The van der Waals surface area contributed by atoms with Crippen LogP contribution in [0.5, 0.6) is 0 Å². The zero-order chi connectivity index (χ0) is 17.1. The summed E-state index contributed by atoms with van der Waals surface area (Å²) in [7, 11) is 0. The Bertz CT molecular complexity index is 590. The Balaban J connectivity index is 1.82. The molecule has 0 radical (unpaired) electrons. The lowest BCUT2D eigenvalue weighted by Crippen LogP contribution is -2.52. The Morgan fingerprint density at radius 1 is 1.48 bits per heavy atom. The SMILES string of the molecule is CC1(NCc2cc(C#N)cs2)CCN(C(=O)OC(C)(C)C)CC1. The number of nitriles is 1. The fourth-order valence-electron chi connectivity index (χ4n) is 2.52. The maximum absolute atomic E-state index is 12.1. The molecule has 0 aromatic carbocycles. The van der Waals surface area contributed by atoms with Crippen LogP contribution < -0.4 is 5.32 Å². The van der Waals surface area contributed by atoms with Crippen molar-refractivity contribution >= 4 is 17.4 Å².